The van der Waals surface area contributed by atoms with Gasteiger partial charge in [0.25, 0.3) is 0 Å². The molecule has 0 heterocycles. The van der Waals surface area contributed by atoms with Crippen molar-refractivity contribution < 1.29 is 4.89 Å². The van der Waals surface area contributed by atoms with Crippen LogP contribution in [0.1, 0.15) is 26.7 Å². The van der Waals surface area contributed by atoms with Gasteiger partial charge in [0.15, 0.2) is 0 Å². The second-order valence-corrected chi connectivity index (χ2v) is 11.9. The maximum Gasteiger partial charge on any atom is 0.147 e. The molecule has 0 aliphatic carbocycles. The van der Waals surface area contributed by atoms with Gasteiger partial charge >= 0.3 is 0 Å². The first-order chi connectivity index (χ1) is 8.36. The van der Waals surface area contributed by atoms with Crippen LogP contribution in [-0.2, 0) is 11.8 Å². The first kappa shape index (κ1) is 16.8. The molecule has 1 aromatic carbocycles. The second kappa shape index (κ2) is 7.52. The zero-order chi connectivity index (χ0) is 13.8. The van der Waals surface area contributed by atoms with Gasteiger partial charge in [0, 0.05) is 16.1 Å². The largest absolute Gasteiger partial charge is 0.354 e. The summed E-state index contributed by atoms with van der Waals surface area (Å²) in [6, 6.07) is 5.09. The van der Waals surface area contributed by atoms with E-state index in [1.807, 2.05) is 0 Å². The Morgan fingerprint density at radius 3 is 2.67 bits per heavy atom. The number of benzene rings is 1. The van der Waals surface area contributed by atoms with Crippen molar-refractivity contribution in [3.05, 3.63) is 28.2 Å². The van der Waals surface area contributed by atoms with Crippen molar-refractivity contribution in [2.24, 2.45) is 5.92 Å². The average Bonchev–Trinajstić information content (AvgIpc) is 2.26. The molecule has 0 aromatic heterocycles. The van der Waals surface area contributed by atoms with Crippen molar-refractivity contribution in [1.82, 2.24) is 0 Å². The molecule has 0 spiro atoms. The molecule has 1 nitrogen and oxygen atoms in total. The predicted molar refractivity (Wildman–Crippen MR) is 89.1 cm³/mol. The minimum atomic E-state index is -2.62. The number of hydrogen-bond acceptors (Lipinski definition) is 2. The van der Waals surface area contributed by atoms with E-state index in [1.54, 1.807) is 18.2 Å². The molecular formula is C12H17Cl2OPS2. The summed E-state index contributed by atoms with van der Waals surface area (Å²) in [5, 5.41) is 1.67. The lowest BCUT2D eigenvalue weighted by Crippen LogP contribution is -2.05. The molecule has 0 aliphatic rings. The van der Waals surface area contributed by atoms with E-state index < -0.39 is 5.47 Å². The maximum atomic E-state index is 10.4. The topological polar surface area (TPSA) is 20.2 Å². The Bertz CT molecular complexity index is 454. The van der Waals surface area contributed by atoms with Crippen LogP contribution in [0.5, 0.6) is 0 Å². The molecule has 0 amide bonds. The molecule has 1 aromatic rings. The quantitative estimate of drug-likeness (QED) is 0.727. The van der Waals surface area contributed by atoms with E-state index in [4.69, 9.17) is 35.0 Å². The molecule has 0 aliphatic heterocycles. The molecule has 6 heteroatoms. The molecule has 0 saturated carbocycles. The standard InChI is InChI=1S/C12H17Cl2OPS2/c1-3-4-9(2)8-18-16(15,17)12-6-5-10(13)7-11(12)14/h5-7,9H,3-4,8H2,1-2H3,(H,15,17). The molecule has 1 rings (SSSR count). The number of halogens is 2. The van der Waals surface area contributed by atoms with Gasteiger partial charge in [-0.1, -0.05) is 73.1 Å². The highest BCUT2D eigenvalue weighted by atomic mass is 35.5. The van der Waals surface area contributed by atoms with Crippen LogP contribution >= 0.6 is 40.1 Å². The minimum absolute atomic E-state index is 0.462. The molecule has 2 unspecified atom stereocenters. The molecule has 102 valence electrons. The molecule has 0 fully saturated rings. The van der Waals surface area contributed by atoms with E-state index in [1.165, 1.54) is 11.4 Å². The van der Waals surface area contributed by atoms with Crippen molar-refractivity contribution in [1.29, 1.82) is 0 Å². The third kappa shape index (κ3) is 5.03. The summed E-state index contributed by atoms with van der Waals surface area (Å²) in [5.74, 6) is 1.42. The Balaban J connectivity index is 2.77. The van der Waals surface area contributed by atoms with Gasteiger partial charge in [-0.2, -0.15) is 0 Å². The highest BCUT2D eigenvalue weighted by molar-refractivity contribution is 8.71. The van der Waals surface area contributed by atoms with E-state index in [2.05, 4.69) is 13.8 Å². The third-order valence-electron chi connectivity index (χ3n) is 2.53. The fourth-order valence-electron chi connectivity index (χ4n) is 1.58. The lowest BCUT2D eigenvalue weighted by atomic mass is 10.1. The van der Waals surface area contributed by atoms with Gasteiger partial charge in [0.1, 0.15) is 5.47 Å². The van der Waals surface area contributed by atoms with Gasteiger partial charge in [0.05, 0.1) is 5.02 Å². The van der Waals surface area contributed by atoms with Crippen molar-refractivity contribution >= 4 is 57.2 Å². The zero-order valence-electron chi connectivity index (χ0n) is 10.4. The summed E-state index contributed by atoms with van der Waals surface area (Å²) >= 11 is 18.7. The zero-order valence-corrected chi connectivity index (χ0v) is 14.4. The normalized spacial score (nSPS) is 16.3. The molecule has 0 saturated heterocycles. The molecule has 0 radical (unpaired) electrons. The molecule has 1 N–H and O–H groups in total. The summed E-state index contributed by atoms with van der Waals surface area (Å²) in [5.41, 5.74) is -2.62. The van der Waals surface area contributed by atoms with Crippen LogP contribution in [-0.4, -0.2) is 10.6 Å². The van der Waals surface area contributed by atoms with Crippen LogP contribution in [0.3, 0.4) is 0 Å². The first-order valence-electron chi connectivity index (χ1n) is 5.79. The fraction of sp³-hybridized carbons (Fsp3) is 0.500. The second-order valence-electron chi connectivity index (χ2n) is 4.31. The van der Waals surface area contributed by atoms with E-state index in [0.717, 1.165) is 18.6 Å². The summed E-state index contributed by atoms with van der Waals surface area (Å²) in [6.45, 7) is 4.33. The van der Waals surface area contributed by atoms with Crippen molar-refractivity contribution in [3.63, 3.8) is 0 Å². The smallest absolute Gasteiger partial charge is 0.147 e. The van der Waals surface area contributed by atoms with Crippen LogP contribution in [0.15, 0.2) is 18.2 Å². The Labute approximate surface area is 128 Å². The summed E-state index contributed by atoms with van der Waals surface area (Å²) in [6.07, 6.45) is 2.30. The maximum absolute atomic E-state index is 10.4. The van der Waals surface area contributed by atoms with Crippen molar-refractivity contribution in [3.8, 4) is 0 Å². The Hall–Kier alpha value is 0.760. The van der Waals surface area contributed by atoms with Crippen molar-refractivity contribution in [2.45, 2.75) is 26.7 Å². The van der Waals surface area contributed by atoms with Gasteiger partial charge < -0.3 is 4.89 Å². The number of rotatable bonds is 6. The van der Waals surface area contributed by atoms with Crippen LogP contribution < -0.4 is 5.30 Å². The summed E-state index contributed by atoms with van der Waals surface area (Å²) < 4.78 is 0. The molecule has 18 heavy (non-hydrogen) atoms. The Morgan fingerprint density at radius 2 is 2.11 bits per heavy atom. The Morgan fingerprint density at radius 1 is 1.44 bits per heavy atom. The van der Waals surface area contributed by atoms with Crippen LogP contribution in [0, 0.1) is 5.92 Å². The van der Waals surface area contributed by atoms with Gasteiger partial charge in [-0.05, 0) is 24.1 Å². The van der Waals surface area contributed by atoms with Gasteiger partial charge in [-0.3, -0.25) is 0 Å². The van der Waals surface area contributed by atoms with E-state index in [9.17, 15) is 4.89 Å². The highest BCUT2D eigenvalue weighted by Crippen LogP contribution is 2.56. The van der Waals surface area contributed by atoms with Crippen LogP contribution in [0.4, 0.5) is 0 Å². The average molecular weight is 343 g/mol. The summed E-state index contributed by atoms with van der Waals surface area (Å²) in [7, 11) is 0. The number of hydrogen-bond donors (Lipinski definition) is 1. The minimum Gasteiger partial charge on any atom is -0.354 e. The monoisotopic (exact) mass is 342 g/mol. The SMILES string of the molecule is CCCC(C)CSP(O)(=S)c1ccc(Cl)cc1Cl. The predicted octanol–water partition coefficient (Wildman–Crippen LogP) is 5.09. The lowest BCUT2D eigenvalue weighted by molar-refractivity contribution is 0.585. The van der Waals surface area contributed by atoms with E-state index >= 15 is 0 Å². The van der Waals surface area contributed by atoms with E-state index in [0.29, 0.717) is 21.3 Å². The molecular weight excluding hydrogens is 326 g/mol. The third-order valence-corrected chi connectivity index (χ3v) is 8.90. The molecule has 0 bridgehead atoms. The lowest BCUT2D eigenvalue weighted by Gasteiger charge is -2.18. The highest BCUT2D eigenvalue weighted by Gasteiger charge is 2.21. The van der Waals surface area contributed by atoms with E-state index in [-0.39, 0.29) is 0 Å². The van der Waals surface area contributed by atoms with Crippen LogP contribution in [0.25, 0.3) is 0 Å². The fourth-order valence-corrected chi connectivity index (χ4v) is 7.31. The van der Waals surface area contributed by atoms with Crippen molar-refractivity contribution in [2.75, 3.05) is 5.75 Å². The Kier molecular flexibility index (Phi) is 7.02. The molecule has 2 atom stereocenters. The van der Waals surface area contributed by atoms with Gasteiger partial charge in [0.2, 0.25) is 0 Å². The summed E-state index contributed by atoms with van der Waals surface area (Å²) in [4.78, 5) is 10.4. The van der Waals surface area contributed by atoms with Gasteiger partial charge in [-0.25, -0.2) is 0 Å². The van der Waals surface area contributed by atoms with Crippen LogP contribution in [0.2, 0.25) is 10.0 Å². The van der Waals surface area contributed by atoms with Gasteiger partial charge in [-0.15, -0.1) is 0 Å². The first-order valence-corrected chi connectivity index (χ1v) is 10.9.